The summed E-state index contributed by atoms with van der Waals surface area (Å²) < 4.78 is 19.2. The number of benzene rings is 1. The molecule has 0 amide bonds. The van der Waals surface area contributed by atoms with Gasteiger partial charge in [0.05, 0.1) is 18.7 Å². The van der Waals surface area contributed by atoms with E-state index in [1.807, 2.05) is 13.0 Å². The third-order valence-electron chi connectivity index (χ3n) is 3.08. The first kappa shape index (κ1) is 13.8. The monoisotopic (exact) mass is 263 g/mol. The first-order chi connectivity index (χ1) is 9.24. The molecule has 1 aromatic heterocycles. The number of hydrogen-bond acceptors (Lipinski definition) is 3. The van der Waals surface area contributed by atoms with E-state index in [9.17, 15) is 4.39 Å². The van der Waals surface area contributed by atoms with Crippen LogP contribution >= 0.6 is 0 Å². The molecule has 2 N–H and O–H groups in total. The number of halogens is 1. The Kier molecular flexibility index (Phi) is 4.71. The van der Waals surface area contributed by atoms with Crippen molar-refractivity contribution in [3.63, 3.8) is 0 Å². The van der Waals surface area contributed by atoms with E-state index in [1.165, 1.54) is 6.07 Å². The van der Waals surface area contributed by atoms with Crippen LogP contribution in [0.3, 0.4) is 0 Å². The lowest BCUT2D eigenvalue weighted by Crippen LogP contribution is -2.30. The Morgan fingerprint density at radius 2 is 2.05 bits per heavy atom. The molecular weight excluding hydrogens is 245 g/mol. The minimum atomic E-state index is -0.293. The van der Waals surface area contributed by atoms with Crippen molar-refractivity contribution in [2.75, 3.05) is 6.61 Å². The van der Waals surface area contributed by atoms with Gasteiger partial charge in [-0.15, -0.1) is 0 Å². The van der Waals surface area contributed by atoms with Gasteiger partial charge in [-0.3, -0.25) is 0 Å². The molecule has 0 unspecified atom stereocenters. The number of hydrogen-bond donors (Lipinski definition) is 2. The zero-order valence-corrected chi connectivity index (χ0v) is 10.9. The van der Waals surface area contributed by atoms with Gasteiger partial charge in [0.1, 0.15) is 17.3 Å². The highest BCUT2D eigenvalue weighted by atomic mass is 19.1. The molecule has 0 aliphatic heterocycles. The zero-order chi connectivity index (χ0) is 13.7. The maximum Gasteiger partial charge on any atom is 0.137 e. The third-order valence-corrected chi connectivity index (χ3v) is 3.08. The summed E-state index contributed by atoms with van der Waals surface area (Å²) in [5, 5.41) is 12.3. The van der Waals surface area contributed by atoms with Gasteiger partial charge in [0.25, 0.3) is 0 Å². The highest BCUT2D eigenvalue weighted by Crippen LogP contribution is 2.24. The summed E-state index contributed by atoms with van der Waals surface area (Å²) in [7, 11) is 0. The van der Waals surface area contributed by atoms with Gasteiger partial charge in [0, 0.05) is 6.04 Å². The summed E-state index contributed by atoms with van der Waals surface area (Å²) in [6.07, 6.45) is 0.845. The van der Waals surface area contributed by atoms with Crippen molar-refractivity contribution in [2.24, 2.45) is 0 Å². The number of aliphatic hydroxyl groups excluding tert-OH is 1. The molecule has 0 aliphatic rings. The second-order valence-electron chi connectivity index (χ2n) is 4.41. The van der Waals surface area contributed by atoms with Gasteiger partial charge >= 0.3 is 0 Å². The van der Waals surface area contributed by atoms with E-state index in [1.54, 1.807) is 24.3 Å². The predicted octanol–water partition coefficient (Wildman–Crippen LogP) is 2.95. The normalized spacial score (nSPS) is 12.6. The van der Waals surface area contributed by atoms with Gasteiger partial charge in [-0.25, -0.2) is 4.39 Å². The molecule has 0 saturated carbocycles. The molecule has 0 aliphatic carbocycles. The fourth-order valence-corrected chi connectivity index (χ4v) is 1.86. The highest BCUT2D eigenvalue weighted by molar-refractivity contribution is 5.58. The largest absolute Gasteiger partial charge is 0.460 e. The van der Waals surface area contributed by atoms with Crippen molar-refractivity contribution in [3.05, 3.63) is 48.0 Å². The van der Waals surface area contributed by atoms with Crippen LogP contribution in [0.15, 0.2) is 40.8 Å². The third kappa shape index (κ3) is 3.43. The molecule has 2 aromatic rings. The van der Waals surface area contributed by atoms with Crippen LogP contribution in [0.5, 0.6) is 0 Å². The van der Waals surface area contributed by atoms with Crippen molar-refractivity contribution in [2.45, 2.75) is 25.9 Å². The maximum atomic E-state index is 13.6. The summed E-state index contributed by atoms with van der Waals surface area (Å²) in [6.45, 7) is 2.62. The van der Waals surface area contributed by atoms with Crippen molar-refractivity contribution in [1.82, 2.24) is 5.32 Å². The number of rotatable bonds is 6. The Morgan fingerprint density at radius 1 is 1.26 bits per heavy atom. The molecule has 1 atom stereocenters. The molecule has 0 radical (unpaired) electrons. The first-order valence-corrected chi connectivity index (χ1v) is 6.42. The molecular formula is C15H18FNO2. The van der Waals surface area contributed by atoms with Gasteiger partial charge in [0.15, 0.2) is 0 Å². The van der Waals surface area contributed by atoms with Gasteiger partial charge in [-0.1, -0.05) is 19.1 Å². The Balaban J connectivity index is 2.05. The summed E-state index contributed by atoms with van der Waals surface area (Å²) in [5.41, 5.74) is 0.461. The zero-order valence-electron chi connectivity index (χ0n) is 10.9. The topological polar surface area (TPSA) is 45.4 Å². The lowest BCUT2D eigenvalue weighted by Gasteiger charge is -2.12. The van der Waals surface area contributed by atoms with Crippen molar-refractivity contribution in [1.29, 1.82) is 0 Å². The van der Waals surface area contributed by atoms with Gasteiger partial charge in [-0.05, 0) is 30.7 Å². The van der Waals surface area contributed by atoms with E-state index in [0.29, 0.717) is 17.9 Å². The second-order valence-corrected chi connectivity index (χ2v) is 4.41. The Hall–Kier alpha value is -1.65. The van der Waals surface area contributed by atoms with E-state index in [0.717, 1.165) is 12.2 Å². The van der Waals surface area contributed by atoms with E-state index in [-0.39, 0.29) is 18.5 Å². The van der Waals surface area contributed by atoms with Crippen LogP contribution in [0, 0.1) is 5.82 Å². The van der Waals surface area contributed by atoms with Gasteiger partial charge in [0.2, 0.25) is 0 Å². The van der Waals surface area contributed by atoms with Crippen molar-refractivity contribution >= 4 is 0 Å². The molecule has 102 valence electrons. The smallest absolute Gasteiger partial charge is 0.137 e. The molecule has 3 nitrogen and oxygen atoms in total. The molecule has 0 spiro atoms. The Bertz CT molecular complexity index is 520. The van der Waals surface area contributed by atoms with Crippen LogP contribution in [-0.2, 0) is 6.54 Å². The summed E-state index contributed by atoms with van der Waals surface area (Å²) in [4.78, 5) is 0. The van der Waals surface area contributed by atoms with Crippen LogP contribution in [0.25, 0.3) is 11.3 Å². The van der Waals surface area contributed by atoms with Crippen LogP contribution in [-0.4, -0.2) is 17.8 Å². The minimum Gasteiger partial charge on any atom is -0.460 e. The Morgan fingerprint density at radius 3 is 2.74 bits per heavy atom. The van der Waals surface area contributed by atoms with E-state index >= 15 is 0 Å². The van der Waals surface area contributed by atoms with E-state index < -0.39 is 0 Å². The van der Waals surface area contributed by atoms with Crippen LogP contribution < -0.4 is 5.32 Å². The lowest BCUT2D eigenvalue weighted by atomic mass is 10.1. The van der Waals surface area contributed by atoms with E-state index in [2.05, 4.69) is 5.32 Å². The molecule has 0 fully saturated rings. The van der Waals surface area contributed by atoms with Crippen LogP contribution in [0.4, 0.5) is 4.39 Å². The molecule has 0 saturated heterocycles. The number of furan rings is 1. The Labute approximate surface area is 112 Å². The fourth-order valence-electron chi connectivity index (χ4n) is 1.86. The minimum absolute atomic E-state index is 0.0574. The molecule has 1 aromatic carbocycles. The average Bonchev–Trinajstić information content (AvgIpc) is 2.89. The van der Waals surface area contributed by atoms with E-state index in [4.69, 9.17) is 9.52 Å². The highest BCUT2D eigenvalue weighted by Gasteiger charge is 2.10. The first-order valence-electron chi connectivity index (χ1n) is 6.42. The maximum absolute atomic E-state index is 13.6. The fraction of sp³-hybridized carbons (Fsp3) is 0.333. The lowest BCUT2D eigenvalue weighted by molar-refractivity contribution is 0.235. The summed E-state index contributed by atoms with van der Waals surface area (Å²) in [6, 6.07) is 10.2. The molecule has 19 heavy (non-hydrogen) atoms. The van der Waals surface area contributed by atoms with Crippen LogP contribution in [0.2, 0.25) is 0 Å². The standard InChI is InChI=1S/C15H18FNO2/c1-2-11(10-18)17-9-12-7-8-15(19-12)13-5-3-4-6-14(13)16/h3-8,11,17-18H,2,9-10H2,1H3/t11-/m0/s1. The second kappa shape index (κ2) is 6.50. The summed E-state index contributed by atoms with van der Waals surface area (Å²) in [5.74, 6) is 0.954. The van der Waals surface area contributed by atoms with Crippen molar-refractivity contribution < 1.29 is 13.9 Å². The average molecular weight is 263 g/mol. The quantitative estimate of drug-likeness (QED) is 0.842. The van der Waals surface area contributed by atoms with Gasteiger partial charge in [-0.2, -0.15) is 0 Å². The number of nitrogens with one attached hydrogen (secondary N) is 1. The van der Waals surface area contributed by atoms with Gasteiger partial charge < -0.3 is 14.8 Å². The van der Waals surface area contributed by atoms with Crippen molar-refractivity contribution in [3.8, 4) is 11.3 Å². The number of aliphatic hydroxyl groups is 1. The van der Waals surface area contributed by atoms with Crippen LogP contribution in [0.1, 0.15) is 19.1 Å². The molecule has 2 rings (SSSR count). The predicted molar refractivity (Wildman–Crippen MR) is 72.1 cm³/mol. The summed E-state index contributed by atoms with van der Waals surface area (Å²) >= 11 is 0. The molecule has 1 heterocycles. The SMILES string of the molecule is CC[C@@H](CO)NCc1ccc(-c2ccccc2F)o1. The molecule has 0 bridgehead atoms. The molecule has 4 heteroatoms.